The van der Waals surface area contributed by atoms with E-state index in [1.165, 1.54) is 13.0 Å². The number of methoxy groups -OCH3 is 1. The summed E-state index contributed by atoms with van der Waals surface area (Å²) < 4.78 is 5.30. The van der Waals surface area contributed by atoms with E-state index in [-0.39, 0.29) is 0 Å². The van der Waals surface area contributed by atoms with Gasteiger partial charge < -0.3 is 10.1 Å². The first kappa shape index (κ1) is 14.9. The molecule has 1 N–H and O–H groups in total. The molecule has 17 heavy (non-hydrogen) atoms. The van der Waals surface area contributed by atoms with Crippen LogP contribution in [0.25, 0.3) is 0 Å². The normalized spacial score (nSPS) is 32.6. The summed E-state index contributed by atoms with van der Waals surface area (Å²) in [4.78, 5) is 2.63. The van der Waals surface area contributed by atoms with Crippen LogP contribution in [0.15, 0.2) is 0 Å². The number of likely N-dealkylation sites (tertiary alicyclic amines) is 1. The first-order chi connectivity index (χ1) is 8.08. The van der Waals surface area contributed by atoms with Gasteiger partial charge in [0.15, 0.2) is 0 Å². The van der Waals surface area contributed by atoms with Crippen molar-refractivity contribution in [1.82, 2.24) is 10.2 Å². The van der Waals surface area contributed by atoms with Gasteiger partial charge in [0.25, 0.3) is 0 Å². The molecule has 1 aliphatic rings. The number of likely N-dealkylation sites (N-methyl/N-ethyl adjacent to an activating group) is 1. The molecule has 102 valence electrons. The third-order valence-corrected chi connectivity index (χ3v) is 4.04. The molecule has 0 aromatic carbocycles. The number of hydrogen-bond acceptors (Lipinski definition) is 3. The van der Waals surface area contributed by atoms with Gasteiger partial charge in [-0.25, -0.2) is 0 Å². The quantitative estimate of drug-likeness (QED) is 0.771. The maximum absolute atomic E-state index is 5.30. The second kappa shape index (κ2) is 7.34. The van der Waals surface area contributed by atoms with E-state index in [0.717, 1.165) is 31.5 Å². The van der Waals surface area contributed by atoms with Crippen molar-refractivity contribution >= 4 is 0 Å². The molecule has 0 aliphatic carbocycles. The van der Waals surface area contributed by atoms with Crippen molar-refractivity contribution in [2.75, 3.05) is 33.4 Å². The van der Waals surface area contributed by atoms with Crippen LogP contribution in [0.1, 0.15) is 34.1 Å². The topological polar surface area (TPSA) is 24.5 Å². The average molecular weight is 242 g/mol. The first-order valence-electron chi connectivity index (χ1n) is 7.04. The highest BCUT2D eigenvalue weighted by molar-refractivity contribution is 4.84. The number of rotatable bonds is 6. The van der Waals surface area contributed by atoms with Crippen LogP contribution in [0.5, 0.6) is 0 Å². The van der Waals surface area contributed by atoms with Gasteiger partial charge in [-0.05, 0) is 31.7 Å². The van der Waals surface area contributed by atoms with E-state index in [9.17, 15) is 0 Å². The third kappa shape index (κ3) is 4.57. The second-order valence-electron chi connectivity index (χ2n) is 5.72. The van der Waals surface area contributed by atoms with Crippen LogP contribution in [0, 0.1) is 11.8 Å². The lowest BCUT2D eigenvalue weighted by molar-refractivity contribution is 0.0557. The molecule has 0 saturated carbocycles. The molecule has 0 aromatic rings. The van der Waals surface area contributed by atoms with E-state index in [1.807, 2.05) is 0 Å². The lowest BCUT2D eigenvalue weighted by Gasteiger charge is -2.42. The Balaban J connectivity index is 2.51. The van der Waals surface area contributed by atoms with Crippen LogP contribution >= 0.6 is 0 Å². The monoisotopic (exact) mass is 242 g/mol. The highest BCUT2D eigenvalue weighted by Crippen LogP contribution is 2.26. The van der Waals surface area contributed by atoms with Crippen molar-refractivity contribution in [3.63, 3.8) is 0 Å². The minimum atomic E-state index is 0.463. The summed E-state index contributed by atoms with van der Waals surface area (Å²) in [5.74, 6) is 1.63. The Labute approximate surface area is 107 Å². The highest BCUT2D eigenvalue weighted by Gasteiger charge is 2.29. The van der Waals surface area contributed by atoms with Crippen LogP contribution < -0.4 is 5.32 Å². The van der Waals surface area contributed by atoms with Crippen LogP contribution in [0.2, 0.25) is 0 Å². The number of ether oxygens (including phenoxy) is 1. The SMILES string of the molecule is CCNC(COC)CN1CC(C)CC(C)C1C. The molecule has 0 amide bonds. The number of hydrogen-bond donors (Lipinski definition) is 1. The van der Waals surface area contributed by atoms with E-state index in [2.05, 4.69) is 37.9 Å². The Kier molecular flexibility index (Phi) is 6.45. The summed E-state index contributed by atoms with van der Waals surface area (Å²) >= 11 is 0. The molecule has 0 radical (unpaired) electrons. The maximum atomic E-state index is 5.30. The number of piperidine rings is 1. The predicted octanol–water partition coefficient (Wildman–Crippen LogP) is 1.98. The van der Waals surface area contributed by atoms with Crippen molar-refractivity contribution < 1.29 is 4.74 Å². The number of nitrogens with one attached hydrogen (secondary N) is 1. The van der Waals surface area contributed by atoms with Crippen molar-refractivity contribution in [3.8, 4) is 0 Å². The molecule has 3 heteroatoms. The summed E-state index contributed by atoms with van der Waals surface area (Å²) in [5.41, 5.74) is 0. The van der Waals surface area contributed by atoms with Gasteiger partial charge >= 0.3 is 0 Å². The van der Waals surface area contributed by atoms with Crippen LogP contribution in [-0.4, -0.2) is 50.3 Å². The average Bonchev–Trinajstić information content (AvgIpc) is 2.26. The van der Waals surface area contributed by atoms with Gasteiger partial charge in [-0.15, -0.1) is 0 Å². The fourth-order valence-electron chi connectivity index (χ4n) is 3.02. The van der Waals surface area contributed by atoms with Gasteiger partial charge in [0.05, 0.1) is 6.61 Å². The number of nitrogens with zero attached hydrogens (tertiary/aromatic N) is 1. The van der Waals surface area contributed by atoms with Crippen molar-refractivity contribution in [2.45, 2.75) is 46.2 Å². The summed E-state index contributed by atoms with van der Waals surface area (Å²) in [6.07, 6.45) is 1.37. The standard InChI is InChI=1S/C14H30N2O/c1-6-15-14(10-17-5)9-16-8-11(2)7-12(3)13(16)4/h11-15H,6-10H2,1-5H3. The van der Waals surface area contributed by atoms with Gasteiger partial charge in [-0.3, -0.25) is 4.90 Å². The molecule has 0 bridgehead atoms. The lowest BCUT2D eigenvalue weighted by Crippen LogP contribution is -2.52. The van der Waals surface area contributed by atoms with Crippen LogP contribution in [0.4, 0.5) is 0 Å². The lowest BCUT2D eigenvalue weighted by atomic mass is 9.86. The second-order valence-corrected chi connectivity index (χ2v) is 5.72. The fraction of sp³-hybridized carbons (Fsp3) is 1.00. The summed E-state index contributed by atoms with van der Waals surface area (Å²) in [6, 6.07) is 1.16. The van der Waals surface area contributed by atoms with Gasteiger partial charge in [-0.2, -0.15) is 0 Å². The zero-order valence-corrected chi connectivity index (χ0v) is 12.2. The minimum Gasteiger partial charge on any atom is -0.383 e. The van der Waals surface area contributed by atoms with E-state index >= 15 is 0 Å². The molecule has 1 heterocycles. The molecule has 4 unspecified atom stereocenters. The van der Waals surface area contributed by atoms with E-state index in [1.54, 1.807) is 7.11 Å². The van der Waals surface area contributed by atoms with Gasteiger partial charge in [0, 0.05) is 32.3 Å². The molecule has 1 saturated heterocycles. The molecule has 1 rings (SSSR count). The molecule has 0 aromatic heterocycles. The predicted molar refractivity (Wildman–Crippen MR) is 73.3 cm³/mol. The van der Waals surface area contributed by atoms with Gasteiger partial charge in [-0.1, -0.05) is 20.8 Å². The van der Waals surface area contributed by atoms with E-state index in [4.69, 9.17) is 4.74 Å². The maximum Gasteiger partial charge on any atom is 0.0628 e. The van der Waals surface area contributed by atoms with E-state index < -0.39 is 0 Å². The third-order valence-electron chi connectivity index (χ3n) is 4.04. The van der Waals surface area contributed by atoms with Crippen molar-refractivity contribution in [1.29, 1.82) is 0 Å². The zero-order chi connectivity index (χ0) is 12.8. The smallest absolute Gasteiger partial charge is 0.0628 e. The summed E-state index contributed by atoms with van der Waals surface area (Å²) in [7, 11) is 1.79. The van der Waals surface area contributed by atoms with Gasteiger partial charge in [0.2, 0.25) is 0 Å². The Hall–Kier alpha value is -0.120. The molecule has 0 spiro atoms. The largest absolute Gasteiger partial charge is 0.383 e. The molecule has 1 fully saturated rings. The Bertz CT molecular complexity index is 204. The summed E-state index contributed by atoms with van der Waals surface area (Å²) in [5, 5.41) is 3.51. The fourth-order valence-corrected chi connectivity index (χ4v) is 3.02. The van der Waals surface area contributed by atoms with Crippen molar-refractivity contribution in [3.05, 3.63) is 0 Å². The minimum absolute atomic E-state index is 0.463. The van der Waals surface area contributed by atoms with Crippen LogP contribution in [-0.2, 0) is 4.74 Å². The summed E-state index contributed by atoms with van der Waals surface area (Å²) in [6.45, 7) is 13.4. The Morgan fingerprint density at radius 1 is 1.35 bits per heavy atom. The molecular formula is C14H30N2O. The molecule has 3 nitrogen and oxygen atoms in total. The Morgan fingerprint density at radius 3 is 2.65 bits per heavy atom. The molecule has 4 atom stereocenters. The van der Waals surface area contributed by atoms with E-state index in [0.29, 0.717) is 12.1 Å². The highest BCUT2D eigenvalue weighted by atomic mass is 16.5. The van der Waals surface area contributed by atoms with Crippen molar-refractivity contribution in [2.24, 2.45) is 11.8 Å². The molecule has 1 aliphatic heterocycles. The first-order valence-corrected chi connectivity index (χ1v) is 7.04. The molecular weight excluding hydrogens is 212 g/mol. The van der Waals surface area contributed by atoms with Gasteiger partial charge in [0.1, 0.15) is 0 Å². The van der Waals surface area contributed by atoms with Crippen LogP contribution in [0.3, 0.4) is 0 Å². The zero-order valence-electron chi connectivity index (χ0n) is 12.2. The Morgan fingerprint density at radius 2 is 2.06 bits per heavy atom.